The van der Waals surface area contributed by atoms with E-state index in [-0.39, 0.29) is 27.1 Å². The van der Waals surface area contributed by atoms with Gasteiger partial charge in [-0.1, -0.05) is 34.8 Å². The van der Waals surface area contributed by atoms with Crippen molar-refractivity contribution in [2.45, 2.75) is 0 Å². The summed E-state index contributed by atoms with van der Waals surface area (Å²) in [5.74, 6) is -1.27. The largest absolute Gasteiger partial charge is 0.503 e. The van der Waals surface area contributed by atoms with Crippen LogP contribution in [0.25, 0.3) is 6.08 Å². The highest BCUT2D eigenvalue weighted by atomic mass is 35.5. The van der Waals surface area contributed by atoms with Crippen molar-refractivity contribution in [2.24, 2.45) is 0 Å². The molecule has 0 bridgehead atoms. The summed E-state index contributed by atoms with van der Waals surface area (Å²) in [6.45, 7) is 0. The number of benzene rings is 2. The molecule has 134 valence electrons. The summed E-state index contributed by atoms with van der Waals surface area (Å²) in [5.41, 5.74) is 3.12. The number of amides is 2. The second-order valence-electron chi connectivity index (χ2n) is 5.29. The lowest BCUT2D eigenvalue weighted by molar-refractivity contribution is -0.117. The van der Waals surface area contributed by atoms with Gasteiger partial charge >= 0.3 is 0 Å². The lowest BCUT2D eigenvalue weighted by Gasteiger charge is -2.15. The molecule has 2 amide bonds. The summed E-state index contributed by atoms with van der Waals surface area (Å²) in [6, 6.07) is 7.40. The number of hydrogen-bond acceptors (Lipinski definition) is 4. The van der Waals surface area contributed by atoms with E-state index in [2.05, 4.69) is 5.43 Å². The van der Waals surface area contributed by atoms with Crippen molar-refractivity contribution in [3.63, 3.8) is 0 Å². The number of carbonyl (C=O) groups excluding carboxylic acids is 2. The molecule has 0 unspecified atom stereocenters. The van der Waals surface area contributed by atoms with Crippen molar-refractivity contribution in [2.75, 3.05) is 12.1 Å². The van der Waals surface area contributed by atoms with Crippen LogP contribution in [0.4, 0.5) is 5.69 Å². The fourth-order valence-electron chi connectivity index (χ4n) is 2.36. The summed E-state index contributed by atoms with van der Waals surface area (Å²) in [6.07, 6.45) is 1.35. The number of ether oxygens (including phenoxy) is 1. The number of methoxy groups -OCH3 is 1. The number of rotatable bonds is 3. The van der Waals surface area contributed by atoms with E-state index in [4.69, 9.17) is 39.5 Å². The Kier molecular flexibility index (Phi) is 5.00. The van der Waals surface area contributed by atoms with Crippen molar-refractivity contribution in [3.05, 3.63) is 56.5 Å². The number of aromatic hydroxyl groups is 1. The molecule has 1 aliphatic heterocycles. The summed E-state index contributed by atoms with van der Waals surface area (Å²) < 4.78 is 5.01. The van der Waals surface area contributed by atoms with Crippen LogP contribution in [-0.4, -0.2) is 24.0 Å². The van der Waals surface area contributed by atoms with Crippen LogP contribution in [0, 0.1) is 0 Å². The van der Waals surface area contributed by atoms with Gasteiger partial charge in [0, 0.05) is 0 Å². The predicted molar refractivity (Wildman–Crippen MR) is 99.7 cm³/mol. The van der Waals surface area contributed by atoms with E-state index < -0.39 is 11.8 Å². The Balaban J connectivity index is 1.98. The molecular weight excluding hydrogens is 403 g/mol. The zero-order chi connectivity index (χ0) is 19.0. The Morgan fingerprint density at radius 1 is 1.08 bits per heavy atom. The highest BCUT2D eigenvalue weighted by Crippen LogP contribution is 2.36. The van der Waals surface area contributed by atoms with Crippen molar-refractivity contribution < 1.29 is 19.4 Å². The molecular formula is C17H11Cl3N2O4. The van der Waals surface area contributed by atoms with E-state index in [9.17, 15) is 14.7 Å². The Labute approximate surface area is 163 Å². The SMILES string of the molecule is COc1cc(/C=C2/C(=O)NN(c3ccc(Cl)c(Cl)c3)C2=O)cc(Cl)c1O. The summed E-state index contributed by atoms with van der Waals surface area (Å²) in [7, 11) is 1.36. The molecule has 9 heteroatoms. The first kappa shape index (κ1) is 18.4. The van der Waals surface area contributed by atoms with Crippen LogP contribution in [0.5, 0.6) is 11.5 Å². The zero-order valence-corrected chi connectivity index (χ0v) is 15.5. The lowest BCUT2D eigenvalue weighted by Crippen LogP contribution is -2.35. The van der Waals surface area contributed by atoms with Crippen LogP contribution in [0.1, 0.15) is 5.56 Å². The molecule has 0 atom stereocenters. The number of phenols is 1. The van der Waals surface area contributed by atoms with Crippen LogP contribution in [-0.2, 0) is 9.59 Å². The minimum Gasteiger partial charge on any atom is -0.503 e. The molecule has 1 aliphatic rings. The molecule has 2 aromatic carbocycles. The smallest absolute Gasteiger partial charge is 0.282 e. The standard InChI is InChI=1S/C17H11Cl3N2O4/c1-26-14-6-8(5-13(20)15(14)23)4-10-16(24)21-22(17(10)25)9-2-3-11(18)12(19)7-9/h2-7,23H,1H3,(H,21,24)/b10-4-. The molecule has 26 heavy (non-hydrogen) atoms. The van der Waals surface area contributed by atoms with Crippen molar-refractivity contribution in [1.29, 1.82) is 0 Å². The average Bonchev–Trinajstić information content (AvgIpc) is 2.88. The normalized spacial score (nSPS) is 15.5. The second kappa shape index (κ2) is 7.07. The molecule has 2 N–H and O–H groups in total. The van der Waals surface area contributed by atoms with Gasteiger partial charge in [-0.05, 0) is 42.0 Å². The van der Waals surface area contributed by atoms with Gasteiger partial charge in [0.2, 0.25) is 0 Å². The van der Waals surface area contributed by atoms with E-state index in [1.165, 1.54) is 37.5 Å². The molecule has 0 aliphatic carbocycles. The zero-order valence-electron chi connectivity index (χ0n) is 13.2. The number of halogens is 3. The average molecular weight is 414 g/mol. The third-order valence-electron chi connectivity index (χ3n) is 3.63. The van der Waals surface area contributed by atoms with Gasteiger partial charge < -0.3 is 9.84 Å². The van der Waals surface area contributed by atoms with Crippen LogP contribution in [0.15, 0.2) is 35.9 Å². The van der Waals surface area contributed by atoms with Gasteiger partial charge in [0.05, 0.1) is 27.9 Å². The third kappa shape index (κ3) is 3.31. The van der Waals surface area contributed by atoms with E-state index in [0.717, 1.165) is 5.01 Å². The van der Waals surface area contributed by atoms with E-state index in [1.54, 1.807) is 6.07 Å². The fraction of sp³-hybridized carbons (Fsp3) is 0.0588. The Morgan fingerprint density at radius 3 is 2.46 bits per heavy atom. The number of hydrogen-bond donors (Lipinski definition) is 2. The lowest BCUT2D eigenvalue weighted by atomic mass is 10.1. The van der Waals surface area contributed by atoms with Crippen molar-refractivity contribution in [1.82, 2.24) is 5.43 Å². The Hall–Kier alpha value is -2.41. The highest BCUT2D eigenvalue weighted by Gasteiger charge is 2.34. The van der Waals surface area contributed by atoms with Gasteiger partial charge in [0.1, 0.15) is 5.57 Å². The number of carbonyl (C=O) groups is 2. The first-order chi connectivity index (χ1) is 12.3. The summed E-state index contributed by atoms with van der Waals surface area (Å²) in [5, 5.41) is 11.4. The van der Waals surface area contributed by atoms with E-state index >= 15 is 0 Å². The molecule has 0 spiro atoms. The first-order valence-corrected chi connectivity index (χ1v) is 8.34. The second-order valence-corrected chi connectivity index (χ2v) is 6.51. The highest BCUT2D eigenvalue weighted by molar-refractivity contribution is 6.42. The quantitative estimate of drug-likeness (QED) is 0.592. The molecule has 3 rings (SSSR count). The maximum Gasteiger partial charge on any atom is 0.282 e. The number of hydrazine groups is 1. The van der Waals surface area contributed by atoms with Crippen LogP contribution >= 0.6 is 34.8 Å². The Morgan fingerprint density at radius 2 is 1.81 bits per heavy atom. The maximum atomic E-state index is 12.6. The molecule has 6 nitrogen and oxygen atoms in total. The summed E-state index contributed by atoms with van der Waals surface area (Å²) in [4.78, 5) is 24.8. The molecule has 0 saturated carbocycles. The molecule has 1 saturated heterocycles. The Bertz CT molecular complexity index is 959. The van der Waals surface area contributed by atoms with Gasteiger partial charge in [-0.15, -0.1) is 0 Å². The molecule has 0 aromatic heterocycles. The molecule has 2 aromatic rings. The van der Waals surface area contributed by atoms with E-state index in [1.807, 2.05) is 0 Å². The third-order valence-corrected chi connectivity index (χ3v) is 4.66. The fourth-order valence-corrected chi connectivity index (χ4v) is 2.87. The van der Waals surface area contributed by atoms with Crippen molar-refractivity contribution >= 4 is 58.4 Å². The molecule has 1 heterocycles. The molecule has 1 fully saturated rings. The minimum atomic E-state index is -0.593. The van der Waals surface area contributed by atoms with Crippen molar-refractivity contribution in [3.8, 4) is 11.5 Å². The number of phenolic OH excluding ortho intramolecular Hbond substituents is 1. The van der Waals surface area contributed by atoms with Crippen LogP contribution in [0.3, 0.4) is 0 Å². The van der Waals surface area contributed by atoms with E-state index in [0.29, 0.717) is 16.3 Å². The monoisotopic (exact) mass is 412 g/mol. The number of nitrogens with one attached hydrogen (secondary N) is 1. The van der Waals surface area contributed by atoms with Gasteiger partial charge in [0.25, 0.3) is 11.8 Å². The van der Waals surface area contributed by atoms with Gasteiger partial charge in [-0.3, -0.25) is 15.0 Å². The van der Waals surface area contributed by atoms with Gasteiger partial charge in [0.15, 0.2) is 11.5 Å². The summed E-state index contributed by atoms with van der Waals surface area (Å²) >= 11 is 17.8. The maximum absolute atomic E-state index is 12.6. The first-order valence-electron chi connectivity index (χ1n) is 7.20. The predicted octanol–water partition coefficient (Wildman–Crippen LogP) is 3.82. The number of anilines is 1. The molecule has 0 radical (unpaired) electrons. The topological polar surface area (TPSA) is 78.9 Å². The van der Waals surface area contributed by atoms with Gasteiger partial charge in [-0.2, -0.15) is 0 Å². The minimum absolute atomic E-state index is 0.0309. The van der Waals surface area contributed by atoms with Crippen LogP contribution in [0.2, 0.25) is 15.1 Å². The van der Waals surface area contributed by atoms with Crippen LogP contribution < -0.4 is 15.2 Å². The number of nitrogens with zero attached hydrogens (tertiary/aromatic N) is 1. The van der Waals surface area contributed by atoms with Gasteiger partial charge in [-0.25, -0.2) is 5.01 Å².